The van der Waals surface area contributed by atoms with Crippen LogP contribution < -0.4 is 5.32 Å². The number of hydrogen-bond acceptors (Lipinski definition) is 8. The van der Waals surface area contributed by atoms with E-state index in [1.165, 1.54) is 0 Å². The molecule has 9 heteroatoms. The van der Waals surface area contributed by atoms with E-state index in [4.69, 9.17) is 9.40 Å². The van der Waals surface area contributed by atoms with Crippen LogP contribution in [0.4, 0.5) is 10.8 Å². The third-order valence-corrected chi connectivity index (χ3v) is 6.07. The number of nitrogens with zero attached hydrogens (tertiary/aromatic N) is 5. The van der Waals surface area contributed by atoms with Crippen LogP contribution in [0.1, 0.15) is 68.1 Å². The number of piperidine rings is 1. The van der Waals surface area contributed by atoms with Crippen LogP contribution in [-0.2, 0) is 11.2 Å². The number of amides is 1. The lowest BCUT2D eigenvalue weighted by molar-refractivity contribution is -0.132. The van der Waals surface area contributed by atoms with E-state index in [1.807, 2.05) is 37.1 Å². The lowest BCUT2D eigenvalue weighted by atomic mass is 9.93. The normalized spacial score (nSPS) is 16.6. The first kappa shape index (κ1) is 21.4. The van der Waals surface area contributed by atoms with Crippen LogP contribution in [0.2, 0.25) is 0 Å². The summed E-state index contributed by atoms with van der Waals surface area (Å²) in [6.07, 6.45) is 4.64. The van der Waals surface area contributed by atoms with Gasteiger partial charge < -0.3 is 14.6 Å². The molecular weight excluding hydrogens is 412 g/mol. The number of anilines is 2. The molecule has 0 spiro atoms. The zero-order valence-electron chi connectivity index (χ0n) is 18.2. The van der Waals surface area contributed by atoms with Gasteiger partial charge in [-0.15, -0.1) is 21.5 Å². The van der Waals surface area contributed by atoms with Crippen molar-refractivity contribution in [1.29, 1.82) is 0 Å². The highest BCUT2D eigenvalue weighted by atomic mass is 32.1. The molecule has 4 heterocycles. The minimum atomic E-state index is 0.128. The first-order chi connectivity index (χ1) is 15.0. The van der Waals surface area contributed by atoms with E-state index >= 15 is 0 Å². The highest BCUT2D eigenvalue weighted by Gasteiger charge is 2.26. The van der Waals surface area contributed by atoms with Crippen molar-refractivity contribution in [2.24, 2.45) is 0 Å². The fraction of sp³-hybridized carbons (Fsp3) is 0.500. The van der Waals surface area contributed by atoms with Gasteiger partial charge in [0.25, 0.3) is 0 Å². The zero-order chi connectivity index (χ0) is 21.8. The summed E-state index contributed by atoms with van der Waals surface area (Å²) in [5.41, 5.74) is 2.96. The SMILES string of the molecule is Cc1cc(Nc2nccs2)cc(C2CCCN(C(=O)CCc3nnc(C(C)C)o3)C2)n1. The smallest absolute Gasteiger partial charge is 0.223 e. The summed E-state index contributed by atoms with van der Waals surface area (Å²) in [6, 6.07) is 4.10. The standard InChI is InChI=1S/C22H28N6O2S/c1-14(2)21-27-26-19(30-21)6-7-20(29)28-9-4-5-16(13-28)18-12-17(11-15(3)24-18)25-22-23-8-10-31-22/h8,10-12,14,16H,4-7,9,13H2,1-3H3,(H,23,24,25). The molecule has 164 valence electrons. The molecular formula is C22H28N6O2S. The van der Waals surface area contributed by atoms with Gasteiger partial charge >= 0.3 is 0 Å². The average molecular weight is 441 g/mol. The highest BCUT2D eigenvalue weighted by Crippen LogP contribution is 2.29. The second-order valence-electron chi connectivity index (χ2n) is 8.25. The third-order valence-electron chi connectivity index (χ3n) is 5.38. The Hall–Kier alpha value is -2.81. The number of aromatic nitrogens is 4. The molecule has 0 bridgehead atoms. The Morgan fingerprint density at radius 3 is 2.97 bits per heavy atom. The molecule has 8 nitrogen and oxygen atoms in total. The molecule has 1 aliphatic rings. The van der Waals surface area contributed by atoms with Gasteiger partial charge in [-0.05, 0) is 31.9 Å². The summed E-state index contributed by atoms with van der Waals surface area (Å²) in [5, 5.41) is 14.3. The van der Waals surface area contributed by atoms with Gasteiger partial charge in [0.05, 0.1) is 0 Å². The van der Waals surface area contributed by atoms with Crippen LogP contribution in [0.3, 0.4) is 0 Å². The maximum Gasteiger partial charge on any atom is 0.223 e. The Balaban J connectivity index is 1.38. The van der Waals surface area contributed by atoms with Crippen molar-refractivity contribution in [2.75, 3.05) is 18.4 Å². The molecule has 3 aromatic heterocycles. The van der Waals surface area contributed by atoms with Crippen LogP contribution in [0.25, 0.3) is 0 Å². The Kier molecular flexibility index (Phi) is 6.60. The summed E-state index contributed by atoms with van der Waals surface area (Å²) < 4.78 is 5.63. The molecule has 31 heavy (non-hydrogen) atoms. The van der Waals surface area contributed by atoms with Crippen molar-refractivity contribution in [3.8, 4) is 0 Å². The maximum atomic E-state index is 12.8. The second kappa shape index (κ2) is 9.55. The highest BCUT2D eigenvalue weighted by molar-refractivity contribution is 7.13. The summed E-state index contributed by atoms with van der Waals surface area (Å²) in [7, 11) is 0. The van der Waals surface area contributed by atoms with E-state index in [0.29, 0.717) is 31.2 Å². The Bertz CT molecular complexity index is 1020. The van der Waals surface area contributed by atoms with Crippen LogP contribution >= 0.6 is 11.3 Å². The van der Waals surface area contributed by atoms with Crippen LogP contribution in [0.5, 0.6) is 0 Å². The Morgan fingerprint density at radius 2 is 2.23 bits per heavy atom. The quantitative estimate of drug-likeness (QED) is 0.580. The molecule has 1 N–H and O–H groups in total. The molecule has 3 aromatic rings. The molecule has 0 radical (unpaired) electrons. The largest absolute Gasteiger partial charge is 0.425 e. The van der Waals surface area contributed by atoms with E-state index in [0.717, 1.165) is 41.6 Å². The molecule has 1 aliphatic heterocycles. The topological polar surface area (TPSA) is 97.0 Å². The van der Waals surface area contributed by atoms with Crippen LogP contribution in [-0.4, -0.2) is 44.1 Å². The van der Waals surface area contributed by atoms with Crippen molar-refractivity contribution < 1.29 is 9.21 Å². The molecule has 0 aromatic carbocycles. The predicted molar refractivity (Wildman–Crippen MR) is 120 cm³/mol. The average Bonchev–Trinajstić information content (AvgIpc) is 3.44. The van der Waals surface area contributed by atoms with Gasteiger partial charge in [-0.3, -0.25) is 9.78 Å². The van der Waals surface area contributed by atoms with Gasteiger partial charge in [0.2, 0.25) is 17.7 Å². The lowest BCUT2D eigenvalue weighted by Crippen LogP contribution is -2.39. The van der Waals surface area contributed by atoms with Crippen molar-refractivity contribution in [3.63, 3.8) is 0 Å². The zero-order valence-corrected chi connectivity index (χ0v) is 19.0. The number of likely N-dealkylation sites (tertiary alicyclic amines) is 1. The van der Waals surface area contributed by atoms with Gasteiger partial charge in [0.15, 0.2) is 5.13 Å². The number of aryl methyl sites for hydroxylation is 2. The van der Waals surface area contributed by atoms with E-state index < -0.39 is 0 Å². The molecule has 1 fully saturated rings. The van der Waals surface area contributed by atoms with Crippen molar-refractivity contribution in [1.82, 2.24) is 25.1 Å². The Labute approximate surface area is 186 Å². The third kappa shape index (κ3) is 5.46. The summed E-state index contributed by atoms with van der Waals surface area (Å²) in [6.45, 7) is 7.48. The van der Waals surface area contributed by atoms with Crippen molar-refractivity contribution in [3.05, 3.63) is 46.9 Å². The second-order valence-corrected chi connectivity index (χ2v) is 9.15. The fourth-order valence-corrected chi connectivity index (χ4v) is 4.35. The monoisotopic (exact) mass is 440 g/mol. The van der Waals surface area contributed by atoms with E-state index in [2.05, 4.69) is 26.6 Å². The van der Waals surface area contributed by atoms with Crippen LogP contribution in [0, 0.1) is 6.92 Å². The molecule has 0 aliphatic carbocycles. The van der Waals surface area contributed by atoms with Gasteiger partial charge in [0, 0.05) is 66.4 Å². The minimum Gasteiger partial charge on any atom is -0.425 e. The minimum absolute atomic E-state index is 0.128. The molecule has 1 atom stereocenters. The summed E-state index contributed by atoms with van der Waals surface area (Å²) in [5.74, 6) is 1.70. The number of carbonyl (C=O) groups excluding carboxylic acids is 1. The molecule has 1 unspecified atom stereocenters. The predicted octanol–water partition coefficient (Wildman–Crippen LogP) is 4.44. The molecule has 4 rings (SSSR count). The number of rotatable bonds is 7. The van der Waals surface area contributed by atoms with Crippen LogP contribution in [0.15, 0.2) is 28.1 Å². The summed E-state index contributed by atoms with van der Waals surface area (Å²) >= 11 is 1.56. The lowest BCUT2D eigenvalue weighted by Gasteiger charge is -2.32. The number of carbonyl (C=O) groups is 1. The van der Waals surface area contributed by atoms with Crippen molar-refractivity contribution >= 4 is 28.1 Å². The Morgan fingerprint density at radius 1 is 1.35 bits per heavy atom. The number of hydrogen-bond donors (Lipinski definition) is 1. The van der Waals surface area contributed by atoms with Gasteiger partial charge in [-0.2, -0.15) is 0 Å². The van der Waals surface area contributed by atoms with Gasteiger partial charge in [0.1, 0.15) is 0 Å². The molecule has 1 saturated heterocycles. The fourth-order valence-electron chi connectivity index (χ4n) is 3.80. The molecule has 0 saturated carbocycles. The van der Waals surface area contributed by atoms with Gasteiger partial charge in [-0.25, -0.2) is 4.98 Å². The first-order valence-electron chi connectivity index (χ1n) is 10.7. The summed E-state index contributed by atoms with van der Waals surface area (Å²) in [4.78, 5) is 23.8. The van der Waals surface area contributed by atoms with Gasteiger partial charge in [-0.1, -0.05) is 13.8 Å². The number of pyridine rings is 1. The maximum absolute atomic E-state index is 12.8. The van der Waals surface area contributed by atoms with E-state index in [1.54, 1.807) is 17.5 Å². The van der Waals surface area contributed by atoms with E-state index in [9.17, 15) is 4.79 Å². The number of thiazole rings is 1. The number of nitrogens with one attached hydrogen (secondary N) is 1. The first-order valence-corrected chi connectivity index (χ1v) is 11.6. The van der Waals surface area contributed by atoms with Crippen molar-refractivity contribution in [2.45, 2.75) is 58.3 Å². The molecule has 1 amide bonds. The van der Waals surface area contributed by atoms with E-state index in [-0.39, 0.29) is 17.7 Å².